The predicted octanol–water partition coefficient (Wildman–Crippen LogP) is 3.39. The number of fused-ring (bicyclic) bond motifs is 1. The second kappa shape index (κ2) is 11.3. The van der Waals surface area contributed by atoms with Crippen LogP contribution in [0.25, 0.3) is 5.65 Å². The topological polar surface area (TPSA) is 61.1 Å². The average molecular weight is 560 g/mol. The molecule has 1 aliphatic rings. The quantitative estimate of drug-likeness (QED) is 0.217. The predicted molar refractivity (Wildman–Crippen MR) is 134 cm³/mol. The van der Waals surface area contributed by atoms with Crippen LogP contribution in [0, 0.1) is 0 Å². The van der Waals surface area contributed by atoms with E-state index in [1.165, 1.54) is 4.88 Å². The lowest BCUT2D eigenvalue weighted by Gasteiger charge is -2.36. The third kappa shape index (κ3) is 5.83. The summed E-state index contributed by atoms with van der Waals surface area (Å²) < 4.78 is 2.91. The maximum absolute atomic E-state index is 6.04. The second-order valence-electron chi connectivity index (χ2n) is 7.09. The molecular weight excluding hydrogens is 533 g/mol. The van der Waals surface area contributed by atoms with Crippen molar-refractivity contribution in [2.45, 2.75) is 19.4 Å². The standard InChI is InChI=1S/C20H26ClN7S.HI/c1-22-20(23-9-4-6-19-25-24-18-5-2-3-10-28(18)19)27-13-11-26(12-14-27)15-16-7-8-17(21)29-16;/h2-3,5,7-8,10H,4,6,9,11-15H2,1H3,(H,22,23);1H. The molecule has 162 valence electrons. The molecule has 0 bridgehead atoms. The molecule has 30 heavy (non-hydrogen) atoms. The second-order valence-corrected chi connectivity index (χ2v) is 8.89. The lowest BCUT2D eigenvalue weighted by molar-refractivity contribution is 0.174. The first-order chi connectivity index (χ1) is 14.2. The van der Waals surface area contributed by atoms with E-state index in [1.54, 1.807) is 11.3 Å². The number of pyridine rings is 1. The van der Waals surface area contributed by atoms with Crippen LogP contribution >= 0.6 is 46.9 Å². The molecule has 1 aliphatic heterocycles. The molecule has 1 fully saturated rings. The number of piperazine rings is 1. The molecule has 0 saturated carbocycles. The first kappa shape index (κ1) is 23.2. The van der Waals surface area contributed by atoms with Gasteiger partial charge in [0.1, 0.15) is 5.82 Å². The smallest absolute Gasteiger partial charge is 0.193 e. The molecule has 0 unspecified atom stereocenters. The first-order valence-corrected chi connectivity index (χ1v) is 11.1. The Hall–Kier alpha value is -1.43. The molecule has 0 amide bonds. The minimum atomic E-state index is 0. The van der Waals surface area contributed by atoms with Crippen LogP contribution < -0.4 is 5.32 Å². The summed E-state index contributed by atoms with van der Waals surface area (Å²) in [5, 5.41) is 12.0. The molecule has 7 nitrogen and oxygen atoms in total. The molecule has 0 aliphatic carbocycles. The lowest BCUT2D eigenvalue weighted by atomic mass is 10.3. The van der Waals surface area contributed by atoms with Crippen molar-refractivity contribution in [3.05, 3.63) is 51.6 Å². The van der Waals surface area contributed by atoms with Gasteiger partial charge in [0.15, 0.2) is 11.6 Å². The summed E-state index contributed by atoms with van der Waals surface area (Å²) in [7, 11) is 1.86. The third-order valence-corrected chi connectivity index (χ3v) is 6.35. The van der Waals surface area contributed by atoms with Crippen molar-refractivity contribution in [1.82, 2.24) is 29.7 Å². The van der Waals surface area contributed by atoms with Crippen molar-refractivity contribution < 1.29 is 0 Å². The van der Waals surface area contributed by atoms with E-state index in [4.69, 9.17) is 11.6 Å². The van der Waals surface area contributed by atoms with Gasteiger partial charge in [-0.25, -0.2) is 0 Å². The third-order valence-electron chi connectivity index (χ3n) is 5.14. The summed E-state index contributed by atoms with van der Waals surface area (Å²) >= 11 is 7.71. The fourth-order valence-corrected chi connectivity index (χ4v) is 4.75. The van der Waals surface area contributed by atoms with Gasteiger partial charge in [0, 0.05) is 63.8 Å². The summed E-state index contributed by atoms with van der Waals surface area (Å²) in [6.07, 6.45) is 3.88. The molecule has 4 heterocycles. The van der Waals surface area contributed by atoms with E-state index in [-0.39, 0.29) is 24.0 Å². The van der Waals surface area contributed by atoms with Gasteiger partial charge in [-0.15, -0.1) is 45.5 Å². The number of hydrogen-bond acceptors (Lipinski definition) is 5. The highest BCUT2D eigenvalue weighted by atomic mass is 127. The van der Waals surface area contributed by atoms with Gasteiger partial charge in [-0.2, -0.15) is 0 Å². The molecule has 0 atom stereocenters. The van der Waals surface area contributed by atoms with Crippen LogP contribution in [0.15, 0.2) is 41.5 Å². The van der Waals surface area contributed by atoms with Crippen LogP contribution in [0.5, 0.6) is 0 Å². The van der Waals surface area contributed by atoms with E-state index in [1.807, 2.05) is 37.5 Å². The van der Waals surface area contributed by atoms with Crippen LogP contribution in [0.1, 0.15) is 17.1 Å². The molecule has 0 radical (unpaired) electrons. The zero-order valence-electron chi connectivity index (χ0n) is 17.0. The zero-order valence-corrected chi connectivity index (χ0v) is 20.9. The van der Waals surface area contributed by atoms with Crippen molar-refractivity contribution in [3.8, 4) is 0 Å². The molecule has 1 saturated heterocycles. The average Bonchev–Trinajstić information content (AvgIpc) is 3.35. The van der Waals surface area contributed by atoms with Gasteiger partial charge in [0.2, 0.25) is 0 Å². The summed E-state index contributed by atoms with van der Waals surface area (Å²) in [5.41, 5.74) is 0.897. The van der Waals surface area contributed by atoms with E-state index < -0.39 is 0 Å². The Kier molecular flexibility index (Phi) is 8.72. The van der Waals surface area contributed by atoms with Gasteiger partial charge in [-0.3, -0.25) is 14.3 Å². The van der Waals surface area contributed by atoms with E-state index >= 15 is 0 Å². The van der Waals surface area contributed by atoms with Crippen molar-refractivity contribution in [3.63, 3.8) is 0 Å². The lowest BCUT2D eigenvalue weighted by Crippen LogP contribution is -2.52. The summed E-state index contributed by atoms with van der Waals surface area (Å²) in [4.78, 5) is 10.6. The van der Waals surface area contributed by atoms with E-state index in [2.05, 4.69) is 40.8 Å². The number of halogens is 2. The van der Waals surface area contributed by atoms with Crippen molar-refractivity contribution in [1.29, 1.82) is 0 Å². The SMILES string of the molecule is CN=C(NCCCc1nnc2ccccn12)N1CCN(Cc2ccc(Cl)s2)CC1.I. The Morgan fingerprint density at radius 1 is 1.17 bits per heavy atom. The van der Waals surface area contributed by atoms with Crippen LogP contribution in [0.2, 0.25) is 4.34 Å². The number of aromatic nitrogens is 3. The van der Waals surface area contributed by atoms with Gasteiger partial charge >= 0.3 is 0 Å². The van der Waals surface area contributed by atoms with E-state index in [0.29, 0.717) is 0 Å². The van der Waals surface area contributed by atoms with Crippen molar-refractivity contribution in [2.75, 3.05) is 39.8 Å². The van der Waals surface area contributed by atoms with Crippen LogP contribution in [-0.2, 0) is 13.0 Å². The van der Waals surface area contributed by atoms with Crippen LogP contribution in [0.4, 0.5) is 0 Å². The van der Waals surface area contributed by atoms with E-state index in [9.17, 15) is 0 Å². The highest BCUT2D eigenvalue weighted by molar-refractivity contribution is 14.0. The van der Waals surface area contributed by atoms with Gasteiger partial charge in [-0.05, 0) is 30.7 Å². The molecule has 10 heteroatoms. The van der Waals surface area contributed by atoms with Gasteiger partial charge in [0.05, 0.1) is 4.34 Å². The van der Waals surface area contributed by atoms with Gasteiger partial charge in [0.25, 0.3) is 0 Å². The largest absolute Gasteiger partial charge is 0.356 e. The Morgan fingerprint density at radius 2 is 2.00 bits per heavy atom. The Morgan fingerprint density at radius 3 is 2.73 bits per heavy atom. The fraction of sp³-hybridized carbons (Fsp3) is 0.450. The highest BCUT2D eigenvalue weighted by Crippen LogP contribution is 2.23. The monoisotopic (exact) mass is 559 g/mol. The van der Waals surface area contributed by atoms with Crippen LogP contribution in [-0.4, -0.2) is 70.1 Å². The van der Waals surface area contributed by atoms with E-state index in [0.717, 1.165) is 73.9 Å². The summed E-state index contributed by atoms with van der Waals surface area (Å²) in [5.74, 6) is 1.98. The molecular formula is C20H27ClIN7S. The Bertz CT molecular complexity index is 965. The number of rotatable bonds is 6. The minimum absolute atomic E-state index is 0. The Labute approximate surface area is 203 Å². The van der Waals surface area contributed by atoms with Crippen LogP contribution in [0.3, 0.4) is 0 Å². The number of guanidine groups is 1. The normalized spacial score (nSPS) is 15.4. The maximum Gasteiger partial charge on any atom is 0.193 e. The first-order valence-electron chi connectivity index (χ1n) is 9.94. The molecule has 1 N–H and O–H groups in total. The Balaban J connectivity index is 0.00000256. The zero-order chi connectivity index (χ0) is 20.1. The highest BCUT2D eigenvalue weighted by Gasteiger charge is 2.20. The number of nitrogens with zero attached hydrogens (tertiary/aromatic N) is 6. The summed E-state index contributed by atoms with van der Waals surface area (Å²) in [6.45, 7) is 5.86. The number of aryl methyl sites for hydroxylation is 1. The molecule has 3 aromatic rings. The van der Waals surface area contributed by atoms with Crippen molar-refractivity contribution >= 4 is 58.5 Å². The minimum Gasteiger partial charge on any atom is -0.356 e. The molecule has 4 rings (SSSR count). The number of hydrogen-bond donors (Lipinski definition) is 1. The molecule has 3 aromatic heterocycles. The fourth-order valence-electron chi connectivity index (χ4n) is 3.62. The maximum atomic E-state index is 6.04. The number of nitrogens with one attached hydrogen (secondary N) is 1. The number of thiophene rings is 1. The molecule has 0 spiro atoms. The van der Waals surface area contributed by atoms with Crippen molar-refractivity contribution in [2.24, 2.45) is 4.99 Å². The van der Waals surface area contributed by atoms with Gasteiger partial charge in [-0.1, -0.05) is 17.7 Å². The summed E-state index contributed by atoms with van der Waals surface area (Å²) in [6, 6.07) is 10.1. The number of aliphatic imine (C=N–C) groups is 1. The molecule has 0 aromatic carbocycles. The van der Waals surface area contributed by atoms with Gasteiger partial charge < -0.3 is 10.2 Å².